The fraction of sp³-hybridized carbons (Fsp3) is 0.375. The zero-order valence-corrected chi connectivity index (χ0v) is 14.1. The van der Waals surface area contributed by atoms with Crippen LogP contribution in [0.3, 0.4) is 0 Å². The number of nitrogens with zero attached hydrogens (tertiary/aromatic N) is 4. The van der Waals surface area contributed by atoms with E-state index in [9.17, 15) is 8.42 Å². The van der Waals surface area contributed by atoms with Crippen molar-refractivity contribution >= 4 is 15.8 Å². The topological polar surface area (TPSA) is 66.4 Å². The fourth-order valence-corrected chi connectivity index (χ4v) is 4.00. The average Bonchev–Trinajstić information content (AvgIpc) is 2.56. The van der Waals surface area contributed by atoms with E-state index >= 15 is 0 Å². The number of aryl methyl sites for hydroxylation is 2. The molecule has 0 bridgehead atoms. The number of rotatable bonds is 3. The standard InChI is InChI=1S/C16H20N4O2S/c1-13-3-6-15(7-4-13)23(21,22)20-11-9-19(10-12-20)16-8-5-14(2)17-18-16/h3-8H,9-12H2,1-2H3. The van der Waals surface area contributed by atoms with Crippen molar-refractivity contribution < 1.29 is 8.42 Å². The SMILES string of the molecule is Cc1ccc(S(=O)(=O)N2CCN(c3ccc(C)nn3)CC2)cc1. The summed E-state index contributed by atoms with van der Waals surface area (Å²) in [6.07, 6.45) is 0. The molecule has 1 aliphatic rings. The Hall–Kier alpha value is -1.99. The molecule has 0 N–H and O–H groups in total. The molecule has 122 valence electrons. The largest absolute Gasteiger partial charge is 0.352 e. The number of anilines is 1. The van der Waals surface area contributed by atoms with Crippen LogP contribution in [0.5, 0.6) is 0 Å². The molecule has 23 heavy (non-hydrogen) atoms. The molecular weight excluding hydrogens is 312 g/mol. The fourth-order valence-electron chi connectivity index (χ4n) is 2.58. The summed E-state index contributed by atoms with van der Waals surface area (Å²) in [7, 11) is -3.42. The van der Waals surface area contributed by atoms with Gasteiger partial charge in [0.2, 0.25) is 10.0 Å². The van der Waals surface area contributed by atoms with Gasteiger partial charge in [-0.2, -0.15) is 9.40 Å². The Balaban J connectivity index is 1.70. The van der Waals surface area contributed by atoms with Gasteiger partial charge in [-0.3, -0.25) is 0 Å². The lowest BCUT2D eigenvalue weighted by atomic mass is 10.2. The molecule has 1 saturated heterocycles. The van der Waals surface area contributed by atoms with Crippen LogP contribution >= 0.6 is 0 Å². The van der Waals surface area contributed by atoms with Gasteiger partial charge in [0.15, 0.2) is 5.82 Å². The van der Waals surface area contributed by atoms with E-state index in [1.54, 1.807) is 12.1 Å². The molecule has 0 atom stereocenters. The number of benzene rings is 1. The third-order valence-corrected chi connectivity index (χ3v) is 5.92. The molecule has 0 unspecified atom stereocenters. The smallest absolute Gasteiger partial charge is 0.243 e. The summed E-state index contributed by atoms with van der Waals surface area (Å²) in [4.78, 5) is 2.42. The first-order valence-electron chi connectivity index (χ1n) is 7.59. The lowest BCUT2D eigenvalue weighted by Gasteiger charge is -2.34. The van der Waals surface area contributed by atoms with E-state index in [1.807, 2.05) is 38.1 Å². The van der Waals surface area contributed by atoms with Crippen molar-refractivity contribution in [1.29, 1.82) is 0 Å². The second-order valence-electron chi connectivity index (χ2n) is 5.74. The quantitative estimate of drug-likeness (QED) is 0.854. The van der Waals surface area contributed by atoms with Crippen molar-refractivity contribution in [2.45, 2.75) is 18.7 Å². The summed E-state index contributed by atoms with van der Waals surface area (Å²) in [5.74, 6) is 0.794. The third-order valence-electron chi connectivity index (χ3n) is 4.01. The van der Waals surface area contributed by atoms with Crippen LogP contribution in [0.15, 0.2) is 41.3 Å². The highest BCUT2D eigenvalue weighted by atomic mass is 32.2. The molecule has 3 rings (SSSR count). The highest BCUT2D eigenvalue weighted by Gasteiger charge is 2.28. The van der Waals surface area contributed by atoms with E-state index in [-0.39, 0.29) is 0 Å². The van der Waals surface area contributed by atoms with E-state index in [4.69, 9.17) is 0 Å². The van der Waals surface area contributed by atoms with Gasteiger partial charge in [-0.05, 0) is 38.1 Å². The molecule has 2 heterocycles. The summed E-state index contributed by atoms with van der Waals surface area (Å²) in [5.41, 5.74) is 1.92. The minimum atomic E-state index is -3.42. The molecule has 0 radical (unpaired) electrons. The van der Waals surface area contributed by atoms with Gasteiger partial charge in [0.1, 0.15) is 0 Å². The van der Waals surface area contributed by atoms with Crippen molar-refractivity contribution in [2.24, 2.45) is 0 Å². The lowest BCUT2D eigenvalue weighted by Crippen LogP contribution is -2.49. The maximum Gasteiger partial charge on any atom is 0.243 e. The molecule has 6 nitrogen and oxygen atoms in total. The van der Waals surface area contributed by atoms with Crippen molar-refractivity contribution in [3.05, 3.63) is 47.7 Å². The van der Waals surface area contributed by atoms with E-state index in [1.165, 1.54) is 4.31 Å². The normalized spacial score (nSPS) is 16.5. The van der Waals surface area contributed by atoms with Crippen molar-refractivity contribution in [3.63, 3.8) is 0 Å². The minimum Gasteiger partial charge on any atom is -0.352 e. The second-order valence-corrected chi connectivity index (χ2v) is 7.68. The van der Waals surface area contributed by atoms with Crippen LogP contribution in [-0.4, -0.2) is 49.1 Å². The van der Waals surface area contributed by atoms with Crippen molar-refractivity contribution in [3.8, 4) is 0 Å². The molecular formula is C16H20N4O2S. The molecule has 1 aliphatic heterocycles. The Morgan fingerprint density at radius 2 is 1.52 bits per heavy atom. The summed E-state index contributed by atoms with van der Waals surface area (Å²) in [6, 6.07) is 10.8. The van der Waals surface area contributed by atoms with E-state index in [0.717, 1.165) is 17.1 Å². The van der Waals surface area contributed by atoms with E-state index in [0.29, 0.717) is 31.1 Å². The molecule has 2 aromatic rings. The minimum absolute atomic E-state index is 0.353. The monoisotopic (exact) mass is 332 g/mol. The van der Waals surface area contributed by atoms with Crippen molar-refractivity contribution in [1.82, 2.24) is 14.5 Å². The van der Waals surface area contributed by atoms with Gasteiger partial charge in [-0.1, -0.05) is 17.7 Å². The van der Waals surface area contributed by atoms with Crippen LogP contribution < -0.4 is 4.90 Å². The summed E-state index contributed by atoms with van der Waals surface area (Å²) < 4.78 is 26.9. The number of aromatic nitrogens is 2. The summed E-state index contributed by atoms with van der Waals surface area (Å²) in [6.45, 7) is 5.96. The van der Waals surface area contributed by atoms with Crippen LogP contribution in [0.1, 0.15) is 11.3 Å². The van der Waals surface area contributed by atoms with Gasteiger partial charge in [-0.25, -0.2) is 8.42 Å². The number of hydrogen-bond donors (Lipinski definition) is 0. The molecule has 1 fully saturated rings. The number of hydrogen-bond acceptors (Lipinski definition) is 5. The molecule has 0 amide bonds. The molecule has 7 heteroatoms. The highest BCUT2D eigenvalue weighted by Crippen LogP contribution is 2.20. The molecule has 0 saturated carbocycles. The van der Waals surface area contributed by atoms with Gasteiger partial charge in [-0.15, -0.1) is 5.10 Å². The van der Waals surface area contributed by atoms with Crippen molar-refractivity contribution in [2.75, 3.05) is 31.1 Å². The Bertz CT molecular complexity index is 765. The van der Waals surface area contributed by atoms with Gasteiger partial charge in [0.05, 0.1) is 10.6 Å². The number of sulfonamides is 1. The Morgan fingerprint density at radius 3 is 2.09 bits per heavy atom. The summed E-state index contributed by atoms with van der Waals surface area (Å²) >= 11 is 0. The van der Waals surface area contributed by atoms with E-state index in [2.05, 4.69) is 15.1 Å². The predicted octanol–water partition coefficient (Wildman–Crippen LogP) is 1.60. The van der Waals surface area contributed by atoms with Crippen LogP contribution in [0.25, 0.3) is 0 Å². The third kappa shape index (κ3) is 3.35. The maximum atomic E-state index is 12.7. The zero-order valence-electron chi connectivity index (χ0n) is 13.3. The second kappa shape index (κ2) is 6.25. The first-order valence-corrected chi connectivity index (χ1v) is 9.03. The predicted molar refractivity (Wildman–Crippen MR) is 88.9 cm³/mol. The zero-order chi connectivity index (χ0) is 16.4. The Labute approximate surface area is 136 Å². The van der Waals surface area contributed by atoms with Gasteiger partial charge >= 0.3 is 0 Å². The Morgan fingerprint density at radius 1 is 0.870 bits per heavy atom. The van der Waals surface area contributed by atoms with Gasteiger partial charge in [0, 0.05) is 26.2 Å². The van der Waals surface area contributed by atoms with Crippen LogP contribution in [0.4, 0.5) is 5.82 Å². The number of piperazine rings is 1. The molecule has 0 spiro atoms. The van der Waals surface area contributed by atoms with E-state index < -0.39 is 10.0 Å². The van der Waals surface area contributed by atoms with Gasteiger partial charge in [0.25, 0.3) is 0 Å². The lowest BCUT2D eigenvalue weighted by molar-refractivity contribution is 0.383. The first kappa shape index (κ1) is 15.9. The highest BCUT2D eigenvalue weighted by molar-refractivity contribution is 7.89. The average molecular weight is 332 g/mol. The Kier molecular flexibility index (Phi) is 4.32. The molecule has 0 aliphatic carbocycles. The van der Waals surface area contributed by atoms with Crippen LogP contribution in [0, 0.1) is 13.8 Å². The molecule has 1 aromatic carbocycles. The van der Waals surface area contributed by atoms with Gasteiger partial charge < -0.3 is 4.90 Å². The van der Waals surface area contributed by atoms with Crippen LogP contribution in [0.2, 0.25) is 0 Å². The summed E-state index contributed by atoms with van der Waals surface area (Å²) in [5, 5.41) is 8.22. The maximum absolute atomic E-state index is 12.7. The van der Waals surface area contributed by atoms with Crippen LogP contribution in [-0.2, 0) is 10.0 Å². The first-order chi connectivity index (χ1) is 11.0. The molecule has 1 aromatic heterocycles.